The van der Waals surface area contributed by atoms with E-state index in [0.717, 1.165) is 16.5 Å². The van der Waals surface area contributed by atoms with E-state index in [0.29, 0.717) is 17.4 Å². The number of halogens is 1. The van der Waals surface area contributed by atoms with Crippen molar-refractivity contribution in [2.75, 3.05) is 14.2 Å². The van der Waals surface area contributed by atoms with E-state index in [1.807, 2.05) is 12.1 Å². The minimum Gasteiger partial charge on any atom is -0.493 e. The molecule has 0 spiro atoms. The SMILES string of the molecule is COc1cc(Br)c(C(N)CC(C)C)cc1OC. The van der Waals surface area contributed by atoms with E-state index in [-0.39, 0.29) is 6.04 Å². The smallest absolute Gasteiger partial charge is 0.161 e. The first-order valence-electron chi connectivity index (χ1n) is 5.66. The highest BCUT2D eigenvalue weighted by Crippen LogP contribution is 2.36. The van der Waals surface area contributed by atoms with Crippen molar-refractivity contribution in [3.8, 4) is 11.5 Å². The van der Waals surface area contributed by atoms with E-state index in [2.05, 4.69) is 29.8 Å². The molecule has 0 amide bonds. The predicted molar refractivity (Wildman–Crippen MR) is 73.6 cm³/mol. The van der Waals surface area contributed by atoms with Crippen molar-refractivity contribution < 1.29 is 9.47 Å². The molecule has 0 heterocycles. The zero-order valence-corrected chi connectivity index (χ0v) is 12.4. The van der Waals surface area contributed by atoms with Gasteiger partial charge in [-0.1, -0.05) is 29.8 Å². The van der Waals surface area contributed by atoms with Crippen LogP contribution in [0.4, 0.5) is 0 Å². The second-order valence-corrected chi connectivity index (χ2v) is 5.32. The maximum Gasteiger partial charge on any atom is 0.161 e. The minimum atomic E-state index is 0.00387. The Balaban J connectivity index is 3.07. The first kappa shape index (κ1) is 14.3. The molecule has 0 aliphatic carbocycles. The highest BCUT2D eigenvalue weighted by atomic mass is 79.9. The molecule has 0 saturated heterocycles. The topological polar surface area (TPSA) is 44.5 Å². The van der Waals surface area contributed by atoms with Gasteiger partial charge in [-0.25, -0.2) is 0 Å². The normalized spacial score (nSPS) is 12.6. The maximum absolute atomic E-state index is 6.19. The Kier molecular flexibility index (Phi) is 5.28. The van der Waals surface area contributed by atoms with Gasteiger partial charge in [0, 0.05) is 10.5 Å². The average Bonchev–Trinajstić information content (AvgIpc) is 2.27. The molecule has 4 heteroatoms. The highest BCUT2D eigenvalue weighted by molar-refractivity contribution is 9.10. The lowest BCUT2D eigenvalue weighted by molar-refractivity contribution is 0.353. The van der Waals surface area contributed by atoms with Crippen LogP contribution in [0, 0.1) is 5.92 Å². The second-order valence-electron chi connectivity index (χ2n) is 4.46. The van der Waals surface area contributed by atoms with Crippen LogP contribution >= 0.6 is 15.9 Å². The van der Waals surface area contributed by atoms with Crippen LogP contribution in [0.5, 0.6) is 11.5 Å². The van der Waals surface area contributed by atoms with Gasteiger partial charge >= 0.3 is 0 Å². The Hall–Kier alpha value is -0.740. The van der Waals surface area contributed by atoms with Crippen LogP contribution in [0.25, 0.3) is 0 Å². The van der Waals surface area contributed by atoms with Crippen LogP contribution in [0.1, 0.15) is 31.9 Å². The summed E-state index contributed by atoms with van der Waals surface area (Å²) in [4.78, 5) is 0. The molecule has 96 valence electrons. The Bertz CT molecular complexity index is 380. The summed E-state index contributed by atoms with van der Waals surface area (Å²) in [6.07, 6.45) is 0.939. The fraction of sp³-hybridized carbons (Fsp3) is 0.538. The van der Waals surface area contributed by atoms with Crippen LogP contribution in [0.15, 0.2) is 16.6 Å². The van der Waals surface area contributed by atoms with Gasteiger partial charge in [-0.3, -0.25) is 0 Å². The molecule has 2 N–H and O–H groups in total. The molecule has 0 aromatic heterocycles. The Morgan fingerprint density at radius 3 is 2.18 bits per heavy atom. The lowest BCUT2D eigenvalue weighted by Gasteiger charge is -2.18. The minimum absolute atomic E-state index is 0.00387. The number of ether oxygens (including phenoxy) is 2. The molecule has 1 aromatic carbocycles. The van der Waals surface area contributed by atoms with Crippen molar-refractivity contribution in [1.29, 1.82) is 0 Å². The van der Waals surface area contributed by atoms with E-state index in [1.54, 1.807) is 14.2 Å². The van der Waals surface area contributed by atoms with Gasteiger partial charge < -0.3 is 15.2 Å². The van der Waals surface area contributed by atoms with Gasteiger partial charge in [0.25, 0.3) is 0 Å². The molecule has 0 saturated carbocycles. The molecule has 0 radical (unpaired) electrons. The van der Waals surface area contributed by atoms with Gasteiger partial charge in [0.2, 0.25) is 0 Å². The molecule has 3 nitrogen and oxygen atoms in total. The fourth-order valence-electron chi connectivity index (χ4n) is 1.79. The number of hydrogen-bond donors (Lipinski definition) is 1. The van der Waals surface area contributed by atoms with Gasteiger partial charge in [0.05, 0.1) is 14.2 Å². The van der Waals surface area contributed by atoms with Crippen molar-refractivity contribution >= 4 is 15.9 Å². The molecule has 1 aromatic rings. The van der Waals surface area contributed by atoms with E-state index in [1.165, 1.54) is 0 Å². The summed E-state index contributed by atoms with van der Waals surface area (Å²) in [6, 6.07) is 3.84. The largest absolute Gasteiger partial charge is 0.493 e. The summed E-state index contributed by atoms with van der Waals surface area (Å²) < 4.78 is 11.5. The quantitative estimate of drug-likeness (QED) is 0.905. The summed E-state index contributed by atoms with van der Waals surface area (Å²) in [5, 5.41) is 0. The molecular weight excluding hydrogens is 282 g/mol. The van der Waals surface area contributed by atoms with E-state index in [4.69, 9.17) is 15.2 Å². The average molecular weight is 302 g/mol. The molecular formula is C13H20BrNO2. The molecule has 0 bridgehead atoms. The van der Waals surface area contributed by atoms with E-state index >= 15 is 0 Å². The number of hydrogen-bond acceptors (Lipinski definition) is 3. The number of benzene rings is 1. The monoisotopic (exact) mass is 301 g/mol. The van der Waals surface area contributed by atoms with Crippen molar-refractivity contribution in [3.63, 3.8) is 0 Å². The number of methoxy groups -OCH3 is 2. The first-order chi connectivity index (χ1) is 7.99. The Labute approximate surface area is 111 Å². The zero-order chi connectivity index (χ0) is 13.0. The zero-order valence-electron chi connectivity index (χ0n) is 10.8. The van der Waals surface area contributed by atoms with Gasteiger partial charge in [0.1, 0.15) is 0 Å². The third-order valence-electron chi connectivity index (χ3n) is 2.63. The lowest BCUT2D eigenvalue weighted by atomic mass is 9.97. The first-order valence-corrected chi connectivity index (χ1v) is 6.45. The fourth-order valence-corrected chi connectivity index (χ4v) is 2.41. The van der Waals surface area contributed by atoms with Crippen LogP contribution in [-0.2, 0) is 0 Å². The maximum atomic E-state index is 6.19. The molecule has 0 aliphatic rings. The third-order valence-corrected chi connectivity index (χ3v) is 3.31. The second kappa shape index (κ2) is 6.26. The van der Waals surface area contributed by atoms with E-state index < -0.39 is 0 Å². The van der Waals surface area contributed by atoms with Crippen molar-refractivity contribution in [1.82, 2.24) is 0 Å². The van der Waals surface area contributed by atoms with Crippen molar-refractivity contribution in [3.05, 3.63) is 22.2 Å². The summed E-state index contributed by atoms with van der Waals surface area (Å²) in [7, 11) is 3.25. The van der Waals surface area contributed by atoms with Crippen LogP contribution in [0.3, 0.4) is 0 Å². The molecule has 1 unspecified atom stereocenters. The van der Waals surface area contributed by atoms with Crippen LogP contribution in [0.2, 0.25) is 0 Å². The van der Waals surface area contributed by atoms with Crippen molar-refractivity contribution in [2.45, 2.75) is 26.3 Å². The standard InChI is InChI=1S/C13H20BrNO2/c1-8(2)5-11(15)9-6-12(16-3)13(17-4)7-10(9)14/h6-8,11H,5,15H2,1-4H3. The highest BCUT2D eigenvalue weighted by Gasteiger charge is 2.15. The summed E-state index contributed by atoms with van der Waals surface area (Å²) >= 11 is 3.53. The molecule has 1 rings (SSSR count). The summed E-state index contributed by atoms with van der Waals surface area (Å²) in [6.45, 7) is 4.32. The molecule has 1 atom stereocenters. The lowest BCUT2D eigenvalue weighted by Crippen LogP contribution is -2.13. The molecule has 17 heavy (non-hydrogen) atoms. The molecule has 0 aliphatic heterocycles. The van der Waals surface area contributed by atoms with Crippen LogP contribution < -0.4 is 15.2 Å². The Morgan fingerprint density at radius 1 is 1.18 bits per heavy atom. The summed E-state index contributed by atoms with van der Waals surface area (Å²) in [5.41, 5.74) is 7.24. The number of rotatable bonds is 5. The van der Waals surface area contributed by atoms with E-state index in [9.17, 15) is 0 Å². The summed E-state index contributed by atoms with van der Waals surface area (Å²) in [5.74, 6) is 1.98. The predicted octanol–water partition coefficient (Wildman–Crippen LogP) is 3.51. The van der Waals surface area contributed by atoms with Gasteiger partial charge in [0.15, 0.2) is 11.5 Å². The van der Waals surface area contributed by atoms with Crippen molar-refractivity contribution in [2.24, 2.45) is 11.7 Å². The van der Waals surface area contributed by atoms with Gasteiger partial charge in [-0.05, 0) is 30.0 Å². The van der Waals surface area contributed by atoms with Gasteiger partial charge in [-0.15, -0.1) is 0 Å². The molecule has 0 fully saturated rings. The third kappa shape index (κ3) is 3.61. The van der Waals surface area contributed by atoms with Gasteiger partial charge in [-0.2, -0.15) is 0 Å². The number of nitrogens with two attached hydrogens (primary N) is 1. The van der Waals surface area contributed by atoms with Crippen LogP contribution in [-0.4, -0.2) is 14.2 Å². The Morgan fingerprint density at radius 2 is 1.71 bits per heavy atom.